The number of rotatable bonds is 9. The van der Waals surface area contributed by atoms with E-state index in [4.69, 9.17) is 4.74 Å². The second kappa shape index (κ2) is 9.08. The third-order valence-corrected chi connectivity index (χ3v) is 3.58. The summed E-state index contributed by atoms with van der Waals surface area (Å²) in [6.07, 6.45) is 5.46. The number of carbonyl (C=O) groups is 1. The predicted molar refractivity (Wildman–Crippen MR) is 90.6 cm³/mol. The van der Waals surface area contributed by atoms with Gasteiger partial charge in [0.2, 0.25) is 5.91 Å². The van der Waals surface area contributed by atoms with Crippen LogP contribution in [0.3, 0.4) is 0 Å². The summed E-state index contributed by atoms with van der Waals surface area (Å²) in [5.41, 5.74) is 0.870. The molecule has 124 valence electrons. The topological polar surface area (TPSA) is 57.0 Å². The summed E-state index contributed by atoms with van der Waals surface area (Å²) in [6.45, 7) is 4.79. The normalized spacial score (nSPS) is 10.7. The smallest absolute Gasteiger partial charge is 0.336 e. The second-order valence-electron chi connectivity index (χ2n) is 5.55. The van der Waals surface area contributed by atoms with E-state index in [1.54, 1.807) is 0 Å². The van der Waals surface area contributed by atoms with E-state index in [0.29, 0.717) is 18.9 Å². The van der Waals surface area contributed by atoms with Gasteiger partial charge in [0, 0.05) is 12.0 Å². The first kappa shape index (κ1) is 17.2. The summed E-state index contributed by atoms with van der Waals surface area (Å²) in [5, 5.41) is 4.27. The number of carbonyl (C=O) groups excluding carboxylic acids is 1. The van der Waals surface area contributed by atoms with Crippen LogP contribution in [-0.2, 0) is 0 Å². The number of unbranched alkanes of at least 4 members (excludes halogenated alkanes) is 3. The van der Waals surface area contributed by atoms with Gasteiger partial charge in [0.1, 0.15) is 0 Å². The van der Waals surface area contributed by atoms with E-state index in [1.165, 1.54) is 4.68 Å². The molecule has 0 aliphatic rings. The molecule has 5 nitrogen and oxygen atoms in total. The van der Waals surface area contributed by atoms with Gasteiger partial charge >= 0.3 is 6.01 Å². The SMILES string of the molecule is CCCCCC(=O)n1nc(OCCCC)nc1-c1ccccc1. The van der Waals surface area contributed by atoms with E-state index in [-0.39, 0.29) is 11.9 Å². The molecule has 2 rings (SSSR count). The van der Waals surface area contributed by atoms with Gasteiger partial charge in [-0.15, -0.1) is 5.10 Å². The first-order valence-electron chi connectivity index (χ1n) is 8.44. The largest absolute Gasteiger partial charge is 0.462 e. The van der Waals surface area contributed by atoms with Crippen molar-refractivity contribution in [2.75, 3.05) is 6.61 Å². The van der Waals surface area contributed by atoms with E-state index in [9.17, 15) is 4.79 Å². The van der Waals surface area contributed by atoms with Crippen LogP contribution in [0.15, 0.2) is 30.3 Å². The third-order valence-electron chi connectivity index (χ3n) is 3.58. The zero-order valence-corrected chi connectivity index (χ0v) is 14.0. The maximum absolute atomic E-state index is 12.5. The number of aromatic nitrogens is 3. The summed E-state index contributed by atoms with van der Waals surface area (Å²) in [7, 11) is 0. The molecule has 0 radical (unpaired) electrons. The predicted octanol–water partition coefficient (Wildman–Crippen LogP) is 4.34. The van der Waals surface area contributed by atoms with Crippen molar-refractivity contribution in [2.45, 2.75) is 52.4 Å². The monoisotopic (exact) mass is 315 g/mol. The van der Waals surface area contributed by atoms with Gasteiger partial charge in [0.15, 0.2) is 5.82 Å². The molecule has 1 aromatic heterocycles. The lowest BCUT2D eigenvalue weighted by Gasteiger charge is -2.04. The minimum absolute atomic E-state index is 0.0323. The average molecular weight is 315 g/mol. The van der Waals surface area contributed by atoms with Crippen molar-refractivity contribution in [1.82, 2.24) is 14.8 Å². The molecule has 0 fully saturated rings. The van der Waals surface area contributed by atoms with Crippen LogP contribution in [0.5, 0.6) is 6.01 Å². The lowest BCUT2D eigenvalue weighted by atomic mass is 10.2. The Kier molecular flexibility index (Phi) is 6.78. The Morgan fingerprint density at radius 1 is 1.09 bits per heavy atom. The van der Waals surface area contributed by atoms with Crippen molar-refractivity contribution in [3.63, 3.8) is 0 Å². The molecule has 0 bridgehead atoms. The lowest BCUT2D eigenvalue weighted by molar-refractivity contribution is 0.0883. The molecule has 0 aliphatic carbocycles. The van der Waals surface area contributed by atoms with Gasteiger partial charge in [0.05, 0.1) is 6.61 Å². The zero-order chi connectivity index (χ0) is 16.5. The van der Waals surface area contributed by atoms with Gasteiger partial charge in [-0.1, -0.05) is 63.4 Å². The average Bonchev–Trinajstić information content (AvgIpc) is 3.00. The molecule has 5 heteroatoms. The van der Waals surface area contributed by atoms with E-state index < -0.39 is 0 Å². The summed E-state index contributed by atoms with van der Waals surface area (Å²) >= 11 is 0. The molecule has 23 heavy (non-hydrogen) atoms. The molecule has 0 saturated heterocycles. The van der Waals surface area contributed by atoms with Gasteiger partial charge in [-0.2, -0.15) is 9.67 Å². The molecule has 0 N–H and O–H groups in total. The van der Waals surface area contributed by atoms with Gasteiger partial charge in [-0.05, 0) is 12.8 Å². The van der Waals surface area contributed by atoms with Crippen molar-refractivity contribution in [3.05, 3.63) is 30.3 Å². The third kappa shape index (κ3) is 4.91. The Morgan fingerprint density at radius 2 is 1.83 bits per heavy atom. The highest BCUT2D eigenvalue weighted by Crippen LogP contribution is 2.20. The molecule has 0 spiro atoms. The summed E-state index contributed by atoms with van der Waals surface area (Å²) in [6, 6.07) is 9.92. The maximum atomic E-state index is 12.5. The van der Waals surface area contributed by atoms with Crippen molar-refractivity contribution in [2.24, 2.45) is 0 Å². The fraction of sp³-hybridized carbons (Fsp3) is 0.500. The van der Waals surface area contributed by atoms with E-state index >= 15 is 0 Å². The second-order valence-corrected chi connectivity index (χ2v) is 5.55. The van der Waals surface area contributed by atoms with Gasteiger partial charge in [0.25, 0.3) is 0 Å². The molecule has 0 aliphatic heterocycles. The fourth-order valence-electron chi connectivity index (χ4n) is 2.24. The summed E-state index contributed by atoms with van der Waals surface area (Å²) in [4.78, 5) is 16.9. The molecule has 0 atom stereocenters. The quantitative estimate of drug-likeness (QED) is 0.646. The number of ether oxygens (including phenoxy) is 1. The Balaban J connectivity index is 2.21. The Labute approximate surface area is 137 Å². The van der Waals surface area contributed by atoms with E-state index in [0.717, 1.165) is 37.7 Å². The fourth-order valence-corrected chi connectivity index (χ4v) is 2.24. The van der Waals surface area contributed by atoms with Crippen molar-refractivity contribution in [3.8, 4) is 17.4 Å². The Morgan fingerprint density at radius 3 is 2.52 bits per heavy atom. The molecule has 0 amide bonds. The maximum Gasteiger partial charge on any atom is 0.336 e. The standard InChI is InChI=1S/C18H25N3O2/c1-3-5-8-13-16(22)21-17(15-11-9-7-10-12-15)19-18(20-21)23-14-6-4-2/h7,9-12H,3-6,8,13-14H2,1-2H3. The van der Waals surface area contributed by atoms with Crippen LogP contribution in [0.25, 0.3) is 11.4 Å². The molecule has 1 aromatic carbocycles. The van der Waals surface area contributed by atoms with Crippen molar-refractivity contribution in [1.29, 1.82) is 0 Å². The first-order valence-corrected chi connectivity index (χ1v) is 8.44. The minimum Gasteiger partial charge on any atom is -0.462 e. The minimum atomic E-state index is -0.0323. The van der Waals surface area contributed by atoms with E-state index in [1.807, 2.05) is 30.3 Å². The Hall–Kier alpha value is -2.17. The van der Waals surface area contributed by atoms with Crippen LogP contribution in [0.1, 0.15) is 57.2 Å². The molecule has 1 heterocycles. The number of benzene rings is 1. The van der Waals surface area contributed by atoms with Gasteiger partial charge in [-0.3, -0.25) is 4.79 Å². The number of nitrogens with zero attached hydrogens (tertiary/aromatic N) is 3. The van der Waals surface area contributed by atoms with Gasteiger partial charge < -0.3 is 4.74 Å². The van der Waals surface area contributed by atoms with Gasteiger partial charge in [-0.25, -0.2) is 0 Å². The molecular formula is C18H25N3O2. The highest BCUT2D eigenvalue weighted by atomic mass is 16.5. The molecular weight excluding hydrogens is 290 g/mol. The van der Waals surface area contributed by atoms with Crippen LogP contribution >= 0.6 is 0 Å². The van der Waals surface area contributed by atoms with Crippen molar-refractivity contribution < 1.29 is 9.53 Å². The van der Waals surface area contributed by atoms with Crippen molar-refractivity contribution >= 4 is 5.91 Å². The lowest BCUT2D eigenvalue weighted by Crippen LogP contribution is -2.14. The van der Waals surface area contributed by atoms with E-state index in [2.05, 4.69) is 23.9 Å². The molecule has 0 unspecified atom stereocenters. The Bertz CT molecular complexity index is 608. The highest BCUT2D eigenvalue weighted by Gasteiger charge is 2.18. The highest BCUT2D eigenvalue weighted by molar-refractivity contribution is 5.82. The molecule has 2 aromatic rings. The summed E-state index contributed by atoms with van der Waals surface area (Å²) < 4.78 is 6.96. The number of hydrogen-bond donors (Lipinski definition) is 0. The van der Waals surface area contributed by atoms with Crippen LogP contribution in [0.4, 0.5) is 0 Å². The summed E-state index contributed by atoms with van der Waals surface area (Å²) in [5.74, 6) is 0.522. The zero-order valence-electron chi connectivity index (χ0n) is 14.0. The van der Waals surface area contributed by atoms with Crippen LogP contribution in [0.2, 0.25) is 0 Å². The molecule has 0 saturated carbocycles. The first-order chi connectivity index (χ1) is 11.3. The van der Waals surface area contributed by atoms with Crippen LogP contribution < -0.4 is 4.74 Å². The van der Waals surface area contributed by atoms with Crippen LogP contribution in [-0.4, -0.2) is 27.3 Å². The van der Waals surface area contributed by atoms with Crippen LogP contribution in [0, 0.1) is 0 Å². The number of hydrogen-bond acceptors (Lipinski definition) is 4.